The summed E-state index contributed by atoms with van der Waals surface area (Å²) in [6.45, 7) is 3.76. The number of aliphatic hydroxyl groups excluding tert-OH is 2. The van der Waals surface area contributed by atoms with Gasteiger partial charge in [-0.3, -0.25) is 9.59 Å². The molecule has 6 nitrogen and oxygen atoms in total. The number of carbonyl (C=O) groups excluding carboxylic acids is 2. The zero-order chi connectivity index (χ0) is 31.6. The lowest BCUT2D eigenvalue weighted by Gasteiger charge is -2.16. The van der Waals surface area contributed by atoms with E-state index in [-0.39, 0.29) is 25.4 Å². The molecule has 6 heteroatoms. The summed E-state index contributed by atoms with van der Waals surface area (Å²) in [5.74, 6) is -0.885. The van der Waals surface area contributed by atoms with Crippen molar-refractivity contribution >= 4 is 11.9 Å². The summed E-state index contributed by atoms with van der Waals surface area (Å²) in [6.07, 6.45) is 38.6. The van der Waals surface area contributed by atoms with E-state index in [1.165, 1.54) is 38.5 Å². The Morgan fingerprint density at radius 3 is 1.74 bits per heavy atom. The molecule has 0 aliphatic heterocycles. The van der Waals surface area contributed by atoms with Crippen LogP contribution in [0.5, 0.6) is 0 Å². The van der Waals surface area contributed by atoms with E-state index < -0.39 is 24.8 Å². The normalized spacial score (nSPS) is 13.9. The van der Waals surface area contributed by atoms with Crippen molar-refractivity contribution in [3.05, 3.63) is 72.9 Å². The number of hydrogen-bond acceptors (Lipinski definition) is 6. The molecule has 0 aromatic rings. The van der Waals surface area contributed by atoms with Crippen LogP contribution in [0.1, 0.15) is 123 Å². The Hall–Kier alpha value is -2.70. The lowest BCUT2D eigenvalue weighted by atomic mass is 10.1. The molecule has 0 aromatic carbocycles. The lowest BCUT2D eigenvalue weighted by Crippen LogP contribution is -2.28. The SMILES string of the molecule is CC/C=C\C/C=C\C/C=C\C/C=C\C/C=C\C=C/C(O)CCC(=O)O[C@@H](CO)COC(=O)CCCCCCCCCCC. The minimum Gasteiger partial charge on any atom is -0.462 e. The fourth-order valence-electron chi connectivity index (χ4n) is 4.07. The molecule has 0 saturated heterocycles. The summed E-state index contributed by atoms with van der Waals surface area (Å²) in [5, 5.41) is 19.6. The minimum absolute atomic E-state index is 0.0000636. The molecule has 0 spiro atoms. The number of esters is 2. The first-order valence-corrected chi connectivity index (χ1v) is 16.6. The van der Waals surface area contributed by atoms with Crippen LogP contribution >= 0.6 is 0 Å². The van der Waals surface area contributed by atoms with Gasteiger partial charge in [-0.1, -0.05) is 138 Å². The van der Waals surface area contributed by atoms with E-state index in [0.717, 1.165) is 51.4 Å². The summed E-state index contributed by atoms with van der Waals surface area (Å²) < 4.78 is 10.4. The van der Waals surface area contributed by atoms with Crippen LogP contribution in [0.15, 0.2) is 72.9 Å². The second-order valence-corrected chi connectivity index (χ2v) is 10.7. The van der Waals surface area contributed by atoms with Crippen molar-refractivity contribution in [2.24, 2.45) is 0 Å². The highest BCUT2D eigenvalue weighted by atomic mass is 16.6. The Balaban J connectivity index is 3.92. The molecule has 1 unspecified atom stereocenters. The molecule has 2 atom stereocenters. The zero-order valence-corrected chi connectivity index (χ0v) is 27.0. The third-order valence-corrected chi connectivity index (χ3v) is 6.63. The van der Waals surface area contributed by atoms with E-state index in [0.29, 0.717) is 6.42 Å². The van der Waals surface area contributed by atoms with E-state index in [2.05, 4.69) is 62.5 Å². The van der Waals surface area contributed by atoms with Gasteiger partial charge in [0, 0.05) is 12.8 Å². The number of hydrogen-bond donors (Lipinski definition) is 2. The summed E-state index contributed by atoms with van der Waals surface area (Å²) >= 11 is 0. The number of unbranched alkanes of at least 4 members (excludes halogenated alkanes) is 8. The molecule has 2 N–H and O–H groups in total. The van der Waals surface area contributed by atoms with E-state index in [4.69, 9.17) is 9.47 Å². The molecule has 0 bridgehead atoms. The molecule has 0 aliphatic carbocycles. The monoisotopic (exact) mass is 600 g/mol. The third kappa shape index (κ3) is 30.6. The van der Waals surface area contributed by atoms with E-state index >= 15 is 0 Å². The Morgan fingerprint density at radius 2 is 1.19 bits per heavy atom. The fourth-order valence-corrected chi connectivity index (χ4v) is 4.07. The predicted molar refractivity (Wildman–Crippen MR) is 179 cm³/mol. The molecule has 0 saturated carbocycles. The van der Waals surface area contributed by atoms with Crippen molar-refractivity contribution in [2.45, 2.75) is 135 Å². The van der Waals surface area contributed by atoms with Gasteiger partial charge in [0.05, 0.1) is 12.7 Å². The van der Waals surface area contributed by atoms with Crippen LogP contribution in [0.2, 0.25) is 0 Å². The summed E-state index contributed by atoms with van der Waals surface area (Å²) in [6, 6.07) is 0. The number of carbonyl (C=O) groups is 2. The summed E-state index contributed by atoms with van der Waals surface area (Å²) in [5.41, 5.74) is 0. The smallest absolute Gasteiger partial charge is 0.306 e. The molecule has 0 heterocycles. The molecule has 0 aliphatic rings. The van der Waals surface area contributed by atoms with Crippen molar-refractivity contribution in [3.63, 3.8) is 0 Å². The van der Waals surface area contributed by atoms with Crippen molar-refractivity contribution in [2.75, 3.05) is 13.2 Å². The fraction of sp³-hybridized carbons (Fsp3) is 0.622. The quantitative estimate of drug-likeness (QED) is 0.0403. The molecular weight excluding hydrogens is 540 g/mol. The molecular formula is C37H60O6. The second kappa shape index (κ2) is 32.2. The molecule has 0 fully saturated rings. The average molecular weight is 601 g/mol. The lowest BCUT2D eigenvalue weighted by molar-refractivity contribution is -0.161. The predicted octanol–water partition coefficient (Wildman–Crippen LogP) is 8.80. The van der Waals surface area contributed by atoms with Gasteiger partial charge in [-0.25, -0.2) is 0 Å². The maximum atomic E-state index is 12.1. The van der Waals surface area contributed by atoms with Gasteiger partial charge in [-0.15, -0.1) is 0 Å². The van der Waals surface area contributed by atoms with Crippen LogP contribution in [0.4, 0.5) is 0 Å². The first-order valence-electron chi connectivity index (χ1n) is 16.6. The Morgan fingerprint density at radius 1 is 0.651 bits per heavy atom. The van der Waals surface area contributed by atoms with Crippen LogP contribution in [-0.2, 0) is 19.1 Å². The van der Waals surface area contributed by atoms with Gasteiger partial charge >= 0.3 is 11.9 Å². The molecule has 43 heavy (non-hydrogen) atoms. The highest BCUT2D eigenvalue weighted by Gasteiger charge is 2.16. The van der Waals surface area contributed by atoms with Crippen molar-refractivity contribution < 1.29 is 29.3 Å². The molecule has 244 valence electrons. The van der Waals surface area contributed by atoms with Gasteiger partial charge in [0.2, 0.25) is 0 Å². The largest absolute Gasteiger partial charge is 0.462 e. The standard InChI is InChI=1S/C37H60O6/c1-3-5-7-9-11-13-14-15-16-17-18-19-21-22-24-26-28-34(39)30-31-37(41)43-35(32-38)33-42-36(40)29-27-25-23-20-12-10-8-6-4-2/h5,7,11,13,15-16,18-19,22,24,26,28,34-35,38-39H,3-4,6,8-10,12,14,17,20-21,23,25,27,29-33H2,1-2H3/b7-5-,13-11-,16-15-,19-18-,24-22-,28-26-/t34?,35-/m0/s1. The maximum absolute atomic E-state index is 12.1. The first kappa shape index (κ1) is 40.3. The van der Waals surface area contributed by atoms with Gasteiger partial charge in [-0.05, 0) is 44.9 Å². The Bertz CT molecular complexity index is 836. The summed E-state index contributed by atoms with van der Waals surface area (Å²) in [7, 11) is 0. The van der Waals surface area contributed by atoms with Gasteiger partial charge in [0.1, 0.15) is 6.61 Å². The number of aliphatic hydroxyl groups is 2. The van der Waals surface area contributed by atoms with Crippen LogP contribution in [0, 0.1) is 0 Å². The number of rotatable bonds is 28. The third-order valence-electron chi connectivity index (χ3n) is 6.63. The van der Waals surface area contributed by atoms with E-state index in [9.17, 15) is 19.8 Å². The molecule has 0 amide bonds. The Kier molecular flexibility index (Phi) is 30.2. The van der Waals surface area contributed by atoms with E-state index in [1.54, 1.807) is 12.2 Å². The van der Waals surface area contributed by atoms with Crippen LogP contribution in [0.3, 0.4) is 0 Å². The van der Waals surface area contributed by atoms with E-state index in [1.807, 2.05) is 12.2 Å². The van der Waals surface area contributed by atoms with Gasteiger partial charge in [-0.2, -0.15) is 0 Å². The van der Waals surface area contributed by atoms with Crippen molar-refractivity contribution in [3.8, 4) is 0 Å². The topological polar surface area (TPSA) is 93.1 Å². The maximum Gasteiger partial charge on any atom is 0.306 e. The van der Waals surface area contributed by atoms with Crippen LogP contribution < -0.4 is 0 Å². The highest BCUT2D eigenvalue weighted by molar-refractivity contribution is 5.70. The number of allylic oxidation sites excluding steroid dienone is 11. The molecule has 0 radical (unpaired) electrons. The molecule has 0 aromatic heterocycles. The minimum atomic E-state index is -0.895. The average Bonchev–Trinajstić information content (AvgIpc) is 3.01. The molecule has 0 rings (SSSR count). The highest BCUT2D eigenvalue weighted by Crippen LogP contribution is 2.11. The first-order chi connectivity index (χ1) is 21.0. The second-order valence-electron chi connectivity index (χ2n) is 10.7. The number of ether oxygens (including phenoxy) is 2. The summed E-state index contributed by atoms with van der Waals surface area (Å²) in [4.78, 5) is 24.1. The van der Waals surface area contributed by atoms with Gasteiger partial charge in [0.25, 0.3) is 0 Å². The van der Waals surface area contributed by atoms with Crippen molar-refractivity contribution in [1.29, 1.82) is 0 Å². The van der Waals surface area contributed by atoms with Crippen molar-refractivity contribution in [1.82, 2.24) is 0 Å². The van der Waals surface area contributed by atoms with Crippen LogP contribution in [0.25, 0.3) is 0 Å². The Labute approximate surface area is 262 Å². The van der Waals surface area contributed by atoms with Gasteiger partial charge in [0.15, 0.2) is 6.10 Å². The zero-order valence-electron chi connectivity index (χ0n) is 27.0. The van der Waals surface area contributed by atoms with Gasteiger partial charge < -0.3 is 19.7 Å². The van der Waals surface area contributed by atoms with Crippen LogP contribution in [-0.4, -0.2) is 47.6 Å².